The molecule has 0 N–H and O–H groups in total. The first-order valence-corrected chi connectivity index (χ1v) is 15.9. The van der Waals surface area contributed by atoms with E-state index in [4.69, 9.17) is 21.1 Å². The van der Waals surface area contributed by atoms with Gasteiger partial charge in [-0.3, -0.25) is 0 Å². The Kier molecular flexibility index (Phi) is 12.5. The van der Waals surface area contributed by atoms with Crippen LogP contribution in [-0.2, 0) is 19.6 Å². The quantitative estimate of drug-likeness (QED) is 0.101. The van der Waals surface area contributed by atoms with Gasteiger partial charge in [-0.25, -0.2) is 0 Å². The second-order valence-electron chi connectivity index (χ2n) is 11.4. The van der Waals surface area contributed by atoms with E-state index in [0.717, 1.165) is 71.1 Å². The van der Waals surface area contributed by atoms with E-state index >= 15 is 0 Å². The molecule has 43 heavy (non-hydrogen) atoms. The highest BCUT2D eigenvalue weighted by atomic mass is 35.5. The molecule has 0 aromatic heterocycles. The van der Waals surface area contributed by atoms with Crippen LogP contribution in [-0.4, -0.2) is 5.88 Å². The molecule has 4 aromatic rings. The molecule has 224 valence electrons. The maximum Gasteiger partial charge on any atom is 0.131 e. The third kappa shape index (κ3) is 9.63. The van der Waals surface area contributed by atoms with E-state index in [-0.39, 0.29) is 0 Å². The number of fused-ring (bicyclic) bond motifs is 1. The Balaban J connectivity index is 1.58. The van der Waals surface area contributed by atoms with Gasteiger partial charge in [0.05, 0.1) is 0 Å². The lowest BCUT2D eigenvalue weighted by molar-refractivity contribution is 0.299. The summed E-state index contributed by atoms with van der Waals surface area (Å²) in [7, 11) is 0. The van der Waals surface area contributed by atoms with Crippen molar-refractivity contribution >= 4 is 22.4 Å². The summed E-state index contributed by atoms with van der Waals surface area (Å²) in [4.78, 5) is 0. The first-order chi connectivity index (χ1) is 21.0. The SMILES string of the molecule is C/C(=C\CC/C(C)=C/CC/C(C)=C/Cc1c(C)c(OCc2ccccc2)c2ccccc2c1OCc1ccccc1)CCl. The van der Waals surface area contributed by atoms with Crippen molar-refractivity contribution in [1.29, 1.82) is 0 Å². The van der Waals surface area contributed by atoms with Gasteiger partial charge in [0.15, 0.2) is 0 Å². The van der Waals surface area contributed by atoms with Crippen LogP contribution in [0.1, 0.15) is 68.7 Å². The Bertz CT molecular complexity index is 1550. The summed E-state index contributed by atoms with van der Waals surface area (Å²) in [5.74, 6) is 2.50. The monoisotopic (exact) mass is 592 g/mol. The smallest absolute Gasteiger partial charge is 0.131 e. The molecule has 0 unspecified atom stereocenters. The van der Waals surface area contributed by atoms with Crippen LogP contribution < -0.4 is 9.47 Å². The summed E-state index contributed by atoms with van der Waals surface area (Å²) in [6.45, 7) is 9.78. The number of halogens is 1. The van der Waals surface area contributed by atoms with Crippen LogP contribution in [0.4, 0.5) is 0 Å². The van der Waals surface area contributed by atoms with Crippen molar-refractivity contribution in [3.8, 4) is 11.5 Å². The highest BCUT2D eigenvalue weighted by molar-refractivity contribution is 6.19. The molecule has 4 aromatic carbocycles. The van der Waals surface area contributed by atoms with E-state index in [1.165, 1.54) is 22.3 Å². The van der Waals surface area contributed by atoms with Gasteiger partial charge >= 0.3 is 0 Å². The topological polar surface area (TPSA) is 18.5 Å². The molecule has 0 aliphatic heterocycles. The fraction of sp³-hybridized carbons (Fsp3) is 0.300. The minimum Gasteiger partial charge on any atom is -0.488 e. The van der Waals surface area contributed by atoms with Crippen molar-refractivity contribution in [1.82, 2.24) is 0 Å². The van der Waals surface area contributed by atoms with Crippen molar-refractivity contribution in [2.75, 3.05) is 5.88 Å². The summed E-state index contributed by atoms with van der Waals surface area (Å²) >= 11 is 5.90. The minimum atomic E-state index is 0.522. The second-order valence-corrected chi connectivity index (χ2v) is 11.7. The Hall–Kier alpha value is -3.75. The van der Waals surface area contributed by atoms with Crippen LogP contribution >= 0.6 is 11.6 Å². The summed E-state index contributed by atoms with van der Waals surface area (Å²) < 4.78 is 13.2. The molecular formula is C40H45ClO2. The molecule has 0 atom stereocenters. The standard InChI is InChI=1S/C40H45ClO2/c1-30(16-14-18-32(3)27-41)15-13-17-31(2)25-26-36-33(4)39(42-28-34-19-7-5-8-20-34)37-23-11-12-24-38(37)40(36)43-29-35-21-9-6-10-22-35/h5-12,15,18-25H,13-14,16-17,26-29H2,1-4H3/b30-15+,31-25+,32-18+. The zero-order valence-electron chi connectivity index (χ0n) is 26.2. The predicted octanol–water partition coefficient (Wildman–Crippen LogP) is 11.5. The van der Waals surface area contributed by atoms with Gasteiger partial charge in [-0.2, -0.15) is 0 Å². The van der Waals surface area contributed by atoms with Gasteiger partial charge in [0.1, 0.15) is 24.7 Å². The first-order valence-electron chi connectivity index (χ1n) is 15.4. The maximum absolute atomic E-state index is 6.64. The fourth-order valence-electron chi connectivity index (χ4n) is 5.23. The van der Waals surface area contributed by atoms with E-state index in [2.05, 4.69) is 119 Å². The van der Waals surface area contributed by atoms with Gasteiger partial charge in [0, 0.05) is 22.2 Å². The van der Waals surface area contributed by atoms with Crippen LogP contribution in [0.5, 0.6) is 11.5 Å². The molecule has 0 fully saturated rings. The molecule has 0 spiro atoms. The normalized spacial score (nSPS) is 12.5. The number of rotatable bonds is 15. The third-order valence-electron chi connectivity index (χ3n) is 7.86. The molecule has 0 bridgehead atoms. The predicted molar refractivity (Wildman–Crippen MR) is 184 cm³/mol. The molecule has 0 amide bonds. The van der Waals surface area contributed by atoms with Crippen LogP contribution in [0.15, 0.2) is 120 Å². The van der Waals surface area contributed by atoms with Crippen molar-refractivity contribution < 1.29 is 9.47 Å². The van der Waals surface area contributed by atoms with E-state index in [0.29, 0.717) is 19.1 Å². The maximum atomic E-state index is 6.64. The third-order valence-corrected chi connectivity index (χ3v) is 8.29. The molecule has 0 saturated carbocycles. The van der Waals surface area contributed by atoms with Gasteiger partial charge < -0.3 is 9.47 Å². The van der Waals surface area contributed by atoms with E-state index in [9.17, 15) is 0 Å². The van der Waals surface area contributed by atoms with E-state index < -0.39 is 0 Å². The van der Waals surface area contributed by atoms with Crippen LogP contribution in [0.3, 0.4) is 0 Å². The lowest BCUT2D eigenvalue weighted by atomic mass is 9.95. The Morgan fingerprint density at radius 1 is 0.605 bits per heavy atom. The van der Waals surface area contributed by atoms with Crippen molar-refractivity contribution in [3.05, 3.63) is 142 Å². The number of alkyl halides is 1. The lowest BCUT2D eigenvalue weighted by Gasteiger charge is -2.21. The highest BCUT2D eigenvalue weighted by Crippen LogP contribution is 2.42. The number of hydrogen-bond donors (Lipinski definition) is 0. The Morgan fingerprint density at radius 2 is 1.07 bits per heavy atom. The van der Waals surface area contributed by atoms with E-state index in [1.807, 2.05) is 12.1 Å². The van der Waals surface area contributed by atoms with Gasteiger partial charge in [-0.15, -0.1) is 11.6 Å². The van der Waals surface area contributed by atoms with Gasteiger partial charge in [-0.1, -0.05) is 120 Å². The molecule has 0 saturated heterocycles. The zero-order chi connectivity index (χ0) is 30.4. The van der Waals surface area contributed by atoms with Crippen LogP contribution in [0.2, 0.25) is 0 Å². The van der Waals surface area contributed by atoms with Crippen LogP contribution in [0, 0.1) is 6.92 Å². The number of hydrogen-bond acceptors (Lipinski definition) is 2. The van der Waals surface area contributed by atoms with Gasteiger partial charge in [0.25, 0.3) is 0 Å². The van der Waals surface area contributed by atoms with Crippen molar-refractivity contribution in [3.63, 3.8) is 0 Å². The molecule has 2 nitrogen and oxygen atoms in total. The molecule has 0 aliphatic carbocycles. The zero-order valence-corrected chi connectivity index (χ0v) is 26.9. The Labute approximate surface area is 263 Å². The molecule has 4 rings (SSSR count). The average Bonchev–Trinajstić information content (AvgIpc) is 3.03. The number of benzene rings is 4. The first kappa shape index (κ1) is 32.2. The molecule has 0 aliphatic rings. The van der Waals surface area contributed by atoms with Crippen molar-refractivity contribution in [2.45, 2.75) is 73.0 Å². The minimum absolute atomic E-state index is 0.522. The number of allylic oxidation sites excluding steroid dienone is 6. The summed E-state index contributed by atoms with van der Waals surface area (Å²) in [6.07, 6.45) is 12.0. The summed E-state index contributed by atoms with van der Waals surface area (Å²) in [5, 5.41) is 2.17. The highest BCUT2D eigenvalue weighted by Gasteiger charge is 2.19. The molecule has 0 radical (unpaired) electrons. The summed E-state index contributed by atoms with van der Waals surface area (Å²) in [6, 6.07) is 29.2. The average molecular weight is 593 g/mol. The second kappa shape index (κ2) is 16.8. The van der Waals surface area contributed by atoms with Gasteiger partial charge in [-0.05, 0) is 76.5 Å². The van der Waals surface area contributed by atoms with E-state index in [1.54, 1.807) is 0 Å². The molecule has 0 heterocycles. The van der Waals surface area contributed by atoms with Crippen molar-refractivity contribution in [2.24, 2.45) is 0 Å². The molecular weight excluding hydrogens is 548 g/mol. The fourth-order valence-corrected chi connectivity index (χ4v) is 5.34. The molecule has 3 heteroatoms. The van der Waals surface area contributed by atoms with Gasteiger partial charge in [0.2, 0.25) is 0 Å². The lowest BCUT2D eigenvalue weighted by Crippen LogP contribution is -2.05. The van der Waals surface area contributed by atoms with Crippen LogP contribution in [0.25, 0.3) is 10.8 Å². The Morgan fingerprint density at radius 3 is 1.63 bits per heavy atom. The largest absolute Gasteiger partial charge is 0.488 e. The number of ether oxygens (including phenoxy) is 2. The summed E-state index contributed by atoms with van der Waals surface area (Å²) in [5.41, 5.74) is 8.70.